The number of aliphatic hydroxyl groups excluding tert-OH is 3. The van der Waals surface area contributed by atoms with Gasteiger partial charge in [-0.1, -0.05) is 26.0 Å². The minimum atomic E-state index is -1.88. The van der Waals surface area contributed by atoms with Crippen molar-refractivity contribution in [3.8, 4) is 0 Å². The number of aliphatic hydroxyl groups is 5. The third kappa shape index (κ3) is 14.8. The Morgan fingerprint density at radius 3 is 2.32 bits per heavy atom. The van der Waals surface area contributed by atoms with E-state index in [1.807, 2.05) is 16.7 Å². The van der Waals surface area contributed by atoms with Gasteiger partial charge < -0.3 is 82.9 Å². The number of cyclic esters (lactones) is 2. The largest absolute Gasteiger partial charge is 0.459 e. The van der Waals surface area contributed by atoms with Gasteiger partial charge in [0.15, 0.2) is 12.6 Å². The predicted molar refractivity (Wildman–Crippen MR) is 290 cm³/mol. The SMILES string of the molecule is CC[C@H]1OC(=O)[C@H](C)[C@@H](O[C@H]2C[C@@](C)(OC)[C@@H](O)[C@H](C)O2)[C@H](C)[C@@H](O[C@@H]2O[C@H](C)C[C@H](N(C)C(=O)OCCc3cn(C[C@H]4CN(c5ccc(N6CCOCC6)c(F)c5)C(=O)O4)nn3)[C@H]2O)[C@](C)(O)C[C@@H](C)CN(C)[C@H](C)[C@@H](O)[C@]1(C)O. The number of ether oxygens (including phenoxy) is 9. The molecule has 6 heterocycles. The number of hydrogen-bond donors (Lipinski definition) is 5. The molecule has 1 aromatic heterocycles. The maximum Gasteiger partial charge on any atom is 0.414 e. The van der Waals surface area contributed by atoms with Gasteiger partial charge in [-0.15, -0.1) is 5.10 Å². The second-order valence-corrected chi connectivity index (χ2v) is 24.0. The second kappa shape index (κ2) is 26.7. The molecule has 25 heteroatoms. The number of aromatic nitrogens is 3. The van der Waals surface area contributed by atoms with Gasteiger partial charge in [0.1, 0.15) is 41.9 Å². The Bertz CT molecular complexity index is 2420. The molecule has 0 unspecified atom stereocenters. The standard InChI is InChI=1S/C56H90FN7O17/c1-14-43-56(10,72)47(66)35(6)60(11)27-31(2)25-54(8,71)49(33(4)46(34(5)50(68)79-43)80-44-26-55(9,73-13)48(67)36(7)77-44)81-51-45(65)42(23-32(3)76-51)61(12)52(69)75-20-17-37-28-63(59-58-37)29-39-30-64(53(70)78-39)38-15-16-41(40(57)24-38)62-18-21-74-22-19-62/h15-16,24,28,31-36,39,42-49,51,65-67,71-72H,14,17-23,25-27,29-30H2,1-13H3/t31-,32-,33+,34-,35-,36+,39+,42+,43-,44+,45-,46+,47-,48+,49-,51+,54-,55-,56-/m1/s1. The highest BCUT2D eigenvalue weighted by atomic mass is 19.1. The fourth-order valence-corrected chi connectivity index (χ4v) is 12.4. The number of benzene rings is 1. The second-order valence-electron chi connectivity index (χ2n) is 24.0. The molecule has 7 rings (SSSR count). The van der Waals surface area contributed by atoms with Gasteiger partial charge >= 0.3 is 18.2 Å². The highest BCUT2D eigenvalue weighted by molar-refractivity contribution is 5.90. The zero-order valence-corrected chi connectivity index (χ0v) is 49.4. The van der Waals surface area contributed by atoms with E-state index in [1.54, 1.807) is 80.8 Å². The average Bonchev–Trinajstić information content (AvgIpc) is 4.11. The molecule has 0 spiro atoms. The zero-order chi connectivity index (χ0) is 59.5. The summed E-state index contributed by atoms with van der Waals surface area (Å²) in [5, 5.41) is 68.1. The van der Waals surface area contributed by atoms with Crippen molar-refractivity contribution in [2.75, 3.05) is 77.0 Å². The number of esters is 1. The van der Waals surface area contributed by atoms with Crippen LogP contribution in [0.3, 0.4) is 0 Å². The van der Waals surface area contributed by atoms with Crippen LogP contribution < -0.4 is 9.80 Å². The number of morpholine rings is 1. The van der Waals surface area contributed by atoms with E-state index in [4.69, 9.17) is 42.6 Å². The summed E-state index contributed by atoms with van der Waals surface area (Å²) in [5.74, 6) is -3.55. The lowest BCUT2D eigenvalue weighted by atomic mass is 9.77. The molecule has 1 aromatic carbocycles. The van der Waals surface area contributed by atoms with Crippen LogP contribution in [-0.2, 0) is 60.4 Å². The third-order valence-corrected chi connectivity index (χ3v) is 17.4. The van der Waals surface area contributed by atoms with Gasteiger partial charge in [-0.3, -0.25) is 9.69 Å². The van der Waals surface area contributed by atoms with Crippen molar-refractivity contribution in [3.05, 3.63) is 35.9 Å². The van der Waals surface area contributed by atoms with Crippen molar-refractivity contribution < 1.29 is 86.9 Å². The van der Waals surface area contributed by atoms with E-state index < -0.39 is 132 Å². The van der Waals surface area contributed by atoms with Gasteiger partial charge in [-0.2, -0.15) is 0 Å². The molecule has 5 aliphatic heterocycles. The number of nitrogens with zero attached hydrogens (tertiary/aromatic N) is 7. The lowest BCUT2D eigenvalue weighted by Gasteiger charge is -2.49. The highest BCUT2D eigenvalue weighted by Gasteiger charge is 2.53. The molecule has 458 valence electrons. The van der Waals surface area contributed by atoms with Crippen molar-refractivity contribution >= 4 is 29.5 Å². The molecule has 2 amide bonds. The smallest absolute Gasteiger partial charge is 0.414 e. The number of hydrogen-bond acceptors (Lipinski definition) is 21. The first-order valence-corrected chi connectivity index (χ1v) is 28.5. The number of halogens is 1. The summed E-state index contributed by atoms with van der Waals surface area (Å²) in [4.78, 5) is 47.6. The Kier molecular flexibility index (Phi) is 21.1. The van der Waals surface area contributed by atoms with Crippen molar-refractivity contribution in [3.63, 3.8) is 0 Å². The summed E-state index contributed by atoms with van der Waals surface area (Å²) < 4.78 is 71.4. The van der Waals surface area contributed by atoms with Crippen LogP contribution in [0, 0.1) is 23.6 Å². The van der Waals surface area contributed by atoms with E-state index >= 15 is 4.39 Å². The van der Waals surface area contributed by atoms with Crippen LogP contribution in [0.4, 0.5) is 25.4 Å². The molecule has 81 heavy (non-hydrogen) atoms. The predicted octanol–water partition coefficient (Wildman–Crippen LogP) is 3.24. The number of rotatable bonds is 14. The summed E-state index contributed by atoms with van der Waals surface area (Å²) in [7, 11) is 4.76. The first kappa shape index (κ1) is 64.2. The maximum atomic E-state index is 15.2. The highest BCUT2D eigenvalue weighted by Crippen LogP contribution is 2.41. The minimum Gasteiger partial charge on any atom is -0.459 e. The van der Waals surface area contributed by atoms with Gasteiger partial charge in [-0.05, 0) is 98.9 Å². The van der Waals surface area contributed by atoms with Crippen LogP contribution >= 0.6 is 0 Å². The molecule has 5 fully saturated rings. The van der Waals surface area contributed by atoms with E-state index in [1.165, 1.54) is 41.6 Å². The average molecular weight is 1150 g/mol. The number of amides is 2. The molecule has 0 aliphatic carbocycles. The van der Waals surface area contributed by atoms with Gasteiger partial charge in [0.25, 0.3) is 0 Å². The molecule has 5 aliphatic rings. The number of methoxy groups -OCH3 is 1. The molecule has 0 radical (unpaired) electrons. The van der Waals surface area contributed by atoms with Crippen LogP contribution in [0.1, 0.15) is 101 Å². The van der Waals surface area contributed by atoms with E-state index in [-0.39, 0.29) is 57.7 Å². The molecular formula is C56H90FN7O17. The summed E-state index contributed by atoms with van der Waals surface area (Å²) in [6.07, 6.45) is -10.9. The lowest BCUT2D eigenvalue weighted by molar-refractivity contribution is -0.317. The first-order chi connectivity index (χ1) is 38.1. The van der Waals surface area contributed by atoms with Crippen molar-refractivity contribution in [2.24, 2.45) is 17.8 Å². The minimum absolute atomic E-state index is 0.0455. The van der Waals surface area contributed by atoms with Crippen molar-refractivity contribution in [1.29, 1.82) is 0 Å². The molecule has 19 atom stereocenters. The van der Waals surface area contributed by atoms with Gasteiger partial charge in [0.2, 0.25) is 0 Å². The summed E-state index contributed by atoms with van der Waals surface area (Å²) in [6.45, 7) is 19.7. The van der Waals surface area contributed by atoms with Crippen LogP contribution in [0.25, 0.3) is 0 Å². The van der Waals surface area contributed by atoms with Crippen molar-refractivity contribution in [2.45, 2.75) is 204 Å². The molecule has 0 saturated carbocycles. The number of likely N-dealkylation sites (N-methyl/N-ethyl adjacent to an activating group) is 2. The fourth-order valence-electron chi connectivity index (χ4n) is 12.4. The van der Waals surface area contributed by atoms with E-state index in [0.29, 0.717) is 49.9 Å². The molecule has 5 saturated heterocycles. The van der Waals surface area contributed by atoms with Gasteiger partial charge in [-0.25, -0.2) is 18.7 Å². The Labute approximate surface area is 474 Å². The third-order valence-electron chi connectivity index (χ3n) is 17.4. The lowest BCUT2D eigenvalue weighted by Crippen LogP contribution is -2.61. The number of carbonyl (C=O) groups is 3. The quantitative estimate of drug-likeness (QED) is 0.134. The monoisotopic (exact) mass is 1150 g/mol. The fraction of sp³-hybridized carbons (Fsp3) is 0.804. The molecule has 0 bridgehead atoms. The summed E-state index contributed by atoms with van der Waals surface area (Å²) in [5.41, 5.74) is -3.44. The summed E-state index contributed by atoms with van der Waals surface area (Å²) >= 11 is 0. The molecular weight excluding hydrogens is 1060 g/mol. The molecule has 24 nitrogen and oxygen atoms in total. The van der Waals surface area contributed by atoms with Crippen LogP contribution in [0.2, 0.25) is 0 Å². The molecule has 5 N–H and O–H groups in total. The van der Waals surface area contributed by atoms with Crippen molar-refractivity contribution in [1.82, 2.24) is 24.8 Å². The van der Waals surface area contributed by atoms with Gasteiger partial charge in [0.05, 0.1) is 97.6 Å². The topological polar surface area (TPSA) is 279 Å². The molecule has 2 aromatic rings. The Morgan fingerprint density at radius 1 is 0.951 bits per heavy atom. The first-order valence-electron chi connectivity index (χ1n) is 28.5. The van der Waals surface area contributed by atoms with Crippen LogP contribution in [0.5, 0.6) is 0 Å². The van der Waals surface area contributed by atoms with E-state index in [9.17, 15) is 39.9 Å². The summed E-state index contributed by atoms with van der Waals surface area (Å²) in [6, 6.07) is 3.14. The maximum absolute atomic E-state index is 15.2. The Balaban J connectivity index is 1.04. The van der Waals surface area contributed by atoms with Gasteiger partial charge in [0, 0.05) is 64.8 Å². The Hall–Kier alpha value is -4.38. The normalized spacial score (nSPS) is 38.9. The zero-order valence-electron chi connectivity index (χ0n) is 49.4. The Morgan fingerprint density at radius 2 is 1.65 bits per heavy atom. The van der Waals surface area contributed by atoms with E-state index in [0.717, 1.165) is 0 Å². The van der Waals surface area contributed by atoms with E-state index in [2.05, 4.69) is 10.3 Å². The van der Waals surface area contributed by atoms with Crippen LogP contribution in [-0.4, -0.2) is 232 Å². The number of carbonyl (C=O) groups excluding carboxylic acids is 3. The van der Waals surface area contributed by atoms with Crippen LogP contribution in [0.15, 0.2) is 24.4 Å². The number of anilines is 2.